The van der Waals surface area contributed by atoms with E-state index in [9.17, 15) is 4.79 Å². The summed E-state index contributed by atoms with van der Waals surface area (Å²) in [7, 11) is 1.72. The van der Waals surface area contributed by atoms with E-state index in [1.807, 2.05) is 12.1 Å². The van der Waals surface area contributed by atoms with Gasteiger partial charge in [-0.05, 0) is 63.5 Å². The molecule has 1 saturated heterocycles. The molecule has 0 radical (unpaired) electrons. The Morgan fingerprint density at radius 3 is 2.60 bits per heavy atom. The number of benzene rings is 1. The summed E-state index contributed by atoms with van der Waals surface area (Å²) in [5.41, 5.74) is 3.51. The lowest BCUT2D eigenvalue weighted by Crippen LogP contribution is -2.35. The van der Waals surface area contributed by atoms with Gasteiger partial charge in [0.2, 0.25) is 0 Å². The Morgan fingerprint density at radius 1 is 1.13 bits per heavy atom. The van der Waals surface area contributed by atoms with Crippen molar-refractivity contribution in [2.75, 3.05) is 25.5 Å². The molecule has 0 spiro atoms. The number of likely N-dealkylation sites (tertiary alicyclic amines) is 1. The Morgan fingerprint density at radius 2 is 1.90 bits per heavy atom. The number of carbonyl (C=O) groups excluding carboxylic acids is 1. The number of methoxy groups -OCH3 is 1. The zero-order chi connectivity index (χ0) is 21.1. The van der Waals surface area contributed by atoms with Gasteiger partial charge in [-0.25, -0.2) is 0 Å². The van der Waals surface area contributed by atoms with Crippen molar-refractivity contribution in [3.05, 3.63) is 70.0 Å². The number of anilines is 1. The fourth-order valence-electron chi connectivity index (χ4n) is 4.24. The van der Waals surface area contributed by atoms with E-state index >= 15 is 0 Å². The Hall–Kier alpha value is -2.57. The van der Waals surface area contributed by atoms with Gasteiger partial charge < -0.3 is 14.5 Å². The van der Waals surface area contributed by atoms with Crippen LogP contribution in [-0.4, -0.2) is 31.0 Å². The predicted molar refractivity (Wildman–Crippen MR) is 121 cm³/mol. The maximum Gasteiger partial charge on any atom is 0.291 e. The van der Waals surface area contributed by atoms with Gasteiger partial charge in [-0.1, -0.05) is 24.6 Å². The zero-order valence-corrected chi connectivity index (χ0v) is 18.6. The van der Waals surface area contributed by atoms with Crippen LogP contribution in [0.1, 0.15) is 57.4 Å². The smallest absolute Gasteiger partial charge is 0.291 e. The van der Waals surface area contributed by atoms with Gasteiger partial charge in [-0.2, -0.15) is 0 Å². The van der Waals surface area contributed by atoms with E-state index in [-0.39, 0.29) is 11.9 Å². The molecule has 3 heterocycles. The molecule has 2 aromatic heterocycles. The van der Waals surface area contributed by atoms with Crippen LogP contribution >= 0.6 is 11.3 Å². The maximum absolute atomic E-state index is 12.8. The van der Waals surface area contributed by atoms with Gasteiger partial charge in [-0.3, -0.25) is 9.69 Å². The number of furan rings is 1. The van der Waals surface area contributed by atoms with E-state index < -0.39 is 0 Å². The van der Waals surface area contributed by atoms with Crippen LogP contribution in [0.3, 0.4) is 0 Å². The highest BCUT2D eigenvalue weighted by molar-refractivity contribution is 7.16. The highest BCUT2D eigenvalue weighted by Crippen LogP contribution is 2.45. The van der Waals surface area contributed by atoms with E-state index in [1.165, 1.54) is 36.0 Å². The fraction of sp³-hybridized carbons (Fsp3) is 0.375. The molecule has 5 nitrogen and oxygen atoms in total. The molecule has 6 heteroatoms. The number of hydrogen-bond donors (Lipinski definition) is 1. The number of rotatable bonds is 6. The monoisotopic (exact) mass is 424 g/mol. The molecule has 1 N–H and O–H groups in total. The third-order valence-electron chi connectivity index (χ3n) is 5.87. The van der Waals surface area contributed by atoms with Crippen molar-refractivity contribution in [2.45, 2.75) is 39.2 Å². The second kappa shape index (κ2) is 9.06. The topological polar surface area (TPSA) is 54.7 Å². The van der Waals surface area contributed by atoms with Gasteiger partial charge in [0.15, 0.2) is 5.76 Å². The highest BCUT2D eigenvalue weighted by atomic mass is 32.1. The van der Waals surface area contributed by atoms with Crippen molar-refractivity contribution in [1.82, 2.24) is 4.90 Å². The number of amides is 1. The lowest BCUT2D eigenvalue weighted by molar-refractivity contribution is 0.0996. The van der Waals surface area contributed by atoms with Crippen LogP contribution in [0.25, 0.3) is 0 Å². The lowest BCUT2D eigenvalue weighted by atomic mass is 9.92. The average Bonchev–Trinajstić information content (AvgIpc) is 3.40. The Labute approximate surface area is 181 Å². The summed E-state index contributed by atoms with van der Waals surface area (Å²) in [6, 6.07) is 11.7. The largest absolute Gasteiger partial charge is 0.496 e. The number of nitrogens with one attached hydrogen (secondary N) is 1. The van der Waals surface area contributed by atoms with E-state index in [0.29, 0.717) is 5.76 Å². The Kier molecular flexibility index (Phi) is 6.25. The van der Waals surface area contributed by atoms with Crippen LogP contribution in [0.4, 0.5) is 5.00 Å². The molecular weight excluding hydrogens is 396 g/mol. The molecule has 1 unspecified atom stereocenters. The van der Waals surface area contributed by atoms with Crippen LogP contribution < -0.4 is 10.1 Å². The molecule has 0 aliphatic carbocycles. The zero-order valence-electron chi connectivity index (χ0n) is 17.7. The fourth-order valence-corrected chi connectivity index (χ4v) is 5.33. The number of thiophene rings is 1. The van der Waals surface area contributed by atoms with Gasteiger partial charge in [0.1, 0.15) is 10.8 Å². The van der Waals surface area contributed by atoms with Crippen LogP contribution in [0.2, 0.25) is 0 Å². The third-order valence-corrected chi connectivity index (χ3v) is 7.01. The quantitative estimate of drug-likeness (QED) is 0.544. The molecule has 1 aliphatic rings. The number of hydrogen-bond acceptors (Lipinski definition) is 5. The number of ether oxygens (including phenoxy) is 1. The lowest BCUT2D eigenvalue weighted by Gasteiger charge is -2.36. The van der Waals surface area contributed by atoms with E-state index in [2.05, 4.69) is 36.2 Å². The molecule has 0 bridgehead atoms. The van der Waals surface area contributed by atoms with E-state index in [1.54, 1.807) is 30.6 Å². The molecule has 3 aromatic rings. The predicted octanol–water partition coefficient (Wildman–Crippen LogP) is 5.79. The van der Waals surface area contributed by atoms with Crippen molar-refractivity contribution in [3.8, 4) is 5.75 Å². The van der Waals surface area contributed by atoms with Crippen LogP contribution in [-0.2, 0) is 0 Å². The number of nitrogens with zero attached hydrogens (tertiary/aromatic N) is 1. The molecule has 1 aliphatic heterocycles. The SMILES string of the molecule is COc1ccccc1C(c1c(NC(=O)c2ccco2)sc(C)c1C)N1CCCCC1. The molecule has 1 amide bonds. The molecule has 1 aromatic carbocycles. The van der Waals surface area contributed by atoms with Crippen molar-refractivity contribution >= 4 is 22.2 Å². The minimum Gasteiger partial charge on any atom is -0.496 e. The van der Waals surface area contributed by atoms with Crippen molar-refractivity contribution < 1.29 is 13.9 Å². The average molecular weight is 425 g/mol. The summed E-state index contributed by atoms with van der Waals surface area (Å²) < 4.78 is 11.0. The minimum atomic E-state index is -0.222. The van der Waals surface area contributed by atoms with Crippen molar-refractivity contribution in [2.24, 2.45) is 0 Å². The Bertz CT molecular complexity index is 1000. The number of piperidine rings is 1. The third kappa shape index (κ3) is 4.02. The summed E-state index contributed by atoms with van der Waals surface area (Å²) >= 11 is 1.63. The molecular formula is C24H28N2O3S. The number of carbonyl (C=O) groups is 1. The second-order valence-corrected chi connectivity index (χ2v) is 8.92. The first-order valence-corrected chi connectivity index (χ1v) is 11.2. The van der Waals surface area contributed by atoms with Crippen molar-refractivity contribution in [3.63, 3.8) is 0 Å². The minimum absolute atomic E-state index is 0.0262. The van der Waals surface area contributed by atoms with Crippen LogP contribution in [0, 0.1) is 13.8 Å². The number of para-hydroxylation sites is 1. The number of aryl methyl sites for hydroxylation is 1. The van der Waals surface area contributed by atoms with Gasteiger partial charge in [0.25, 0.3) is 5.91 Å². The van der Waals surface area contributed by atoms with E-state index in [0.717, 1.165) is 35.0 Å². The second-order valence-electron chi connectivity index (χ2n) is 7.70. The summed E-state index contributed by atoms with van der Waals surface area (Å²) in [5, 5.41) is 4.00. The molecule has 158 valence electrons. The first-order chi connectivity index (χ1) is 14.6. The summed E-state index contributed by atoms with van der Waals surface area (Å²) in [6.45, 7) is 6.32. The maximum atomic E-state index is 12.8. The standard InChI is InChI=1S/C24H28N2O3S/c1-16-17(2)30-24(25-23(27)20-12-9-15-29-20)21(16)22(26-13-7-4-8-14-26)18-10-5-6-11-19(18)28-3/h5-6,9-12,15,22H,4,7-8,13-14H2,1-3H3,(H,25,27). The normalized spacial score (nSPS) is 15.7. The molecule has 30 heavy (non-hydrogen) atoms. The molecule has 1 fully saturated rings. The first-order valence-electron chi connectivity index (χ1n) is 10.4. The molecule has 4 rings (SSSR count). The van der Waals surface area contributed by atoms with Gasteiger partial charge in [0.05, 0.1) is 19.4 Å². The van der Waals surface area contributed by atoms with Crippen LogP contribution in [0.15, 0.2) is 47.1 Å². The molecule has 1 atom stereocenters. The summed E-state index contributed by atoms with van der Waals surface area (Å²) in [5.74, 6) is 0.969. The summed E-state index contributed by atoms with van der Waals surface area (Å²) in [4.78, 5) is 16.5. The summed E-state index contributed by atoms with van der Waals surface area (Å²) in [6.07, 6.45) is 5.15. The van der Waals surface area contributed by atoms with Crippen LogP contribution in [0.5, 0.6) is 5.75 Å². The van der Waals surface area contributed by atoms with Gasteiger partial charge in [-0.15, -0.1) is 11.3 Å². The first kappa shape index (κ1) is 20.7. The highest BCUT2D eigenvalue weighted by Gasteiger charge is 2.32. The Balaban J connectivity index is 1.81. The van der Waals surface area contributed by atoms with Crippen molar-refractivity contribution in [1.29, 1.82) is 0 Å². The van der Waals surface area contributed by atoms with Gasteiger partial charge >= 0.3 is 0 Å². The van der Waals surface area contributed by atoms with E-state index in [4.69, 9.17) is 9.15 Å². The van der Waals surface area contributed by atoms with Gasteiger partial charge in [0, 0.05) is 16.0 Å². The molecule has 0 saturated carbocycles.